The first-order valence-electron chi connectivity index (χ1n) is 8.38. The topological polar surface area (TPSA) is 58.6 Å². The average molecular weight is 324 g/mol. The molecule has 0 spiro atoms. The second kappa shape index (κ2) is 6.15. The van der Waals surface area contributed by atoms with Crippen LogP contribution >= 0.6 is 0 Å². The first-order chi connectivity index (χ1) is 11.7. The van der Waals surface area contributed by atoms with Gasteiger partial charge in [0.25, 0.3) is 5.91 Å². The predicted molar refractivity (Wildman–Crippen MR) is 90.7 cm³/mol. The quantitative estimate of drug-likeness (QED) is 0.939. The minimum absolute atomic E-state index is 0.0130. The summed E-state index contributed by atoms with van der Waals surface area (Å²) in [4.78, 5) is 25.7. The Morgan fingerprint density at radius 3 is 2.92 bits per heavy atom. The lowest BCUT2D eigenvalue weighted by Crippen LogP contribution is -2.48. The monoisotopic (exact) mass is 324 g/mol. The predicted octanol–water partition coefficient (Wildman–Crippen LogP) is 1.96. The highest BCUT2D eigenvalue weighted by Crippen LogP contribution is 2.25. The van der Waals surface area contributed by atoms with E-state index in [-0.39, 0.29) is 30.4 Å². The lowest BCUT2D eigenvalue weighted by atomic mass is 9.93. The van der Waals surface area contributed by atoms with Gasteiger partial charge in [0.1, 0.15) is 5.75 Å². The highest BCUT2D eigenvalue weighted by molar-refractivity contribution is 5.84. The molecule has 0 radical (unpaired) electrons. The number of hydrogen-bond acceptors (Lipinski definition) is 3. The molecule has 2 heterocycles. The van der Waals surface area contributed by atoms with Crippen LogP contribution in [0.1, 0.15) is 12.8 Å². The van der Waals surface area contributed by atoms with E-state index in [9.17, 15) is 9.59 Å². The summed E-state index contributed by atoms with van der Waals surface area (Å²) in [6, 6.07) is 14.1. The maximum Gasteiger partial charge on any atom is 0.260 e. The van der Waals surface area contributed by atoms with Crippen molar-refractivity contribution in [3.05, 3.63) is 42.5 Å². The fraction of sp³-hybridized carbons (Fsp3) is 0.368. The summed E-state index contributed by atoms with van der Waals surface area (Å²) in [5.41, 5.74) is 0. The summed E-state index contributed by atoms with van der Waals surface area (Å²) in [5.74, 6) is 1.04. The number of ether oxygens (including phenoxy) is 1. The van der Waals surface area contributed by atoms with E-state index in [2.05, 4.69) is 5.32 Å². The SMILES string of the molecule is O=C1C[C@@H]2CN(C(=O)COc3ccc4ccccc4c3)CC[C@@H]2N1. The Kier molecular flexibility index (Phi) is 3.84. The molecule has 0 saturated carbocycles. The Bertz CT molecular complexity index is 789. The zero-order chi connectivity index (χ0) is 16.5. The second-order valence-corrected chi connectivity index (χ2v) is 6.56. The van der Waals surface area contributed by atoms with Gasteiger partial charge in [-0.05, 0) is 29.3 Å². The molecule has 1 N–H and O–H groups in total. The van der Waals surface area contributed by atoms with E-state index < -0.39 is 0 Å². The number of amides is 2. The number of hydrogen-bond donors (Lipinski definition) is 1. The number of likely N-dealkylation sites (tertiary alicyclic amines) is 1. The van der Waals surface area contributed by atoms with Crippen LogP contribution in [0.2, 0.25) is 0 Å². The van der Waals surface area contributed by atoms with Gasteiger partial charge in [-0.1, -0.05) is 30.3 Å². The third kappa shape index (κ3) is 2.94. The summed E-state index contributed by atoms with van der Waals surface area (Å²) < 4.78 is 5.69. The van der Waals surface area contributed by atoms with Gasteiger partial charge >= 0.3 is 0 Å². The number of carbonyl (C=O) groups is 2. The number of fused-ring (bicyclic) bond motifs is 2. The number of benzene rings is 2. The van der Waals surface area contributed by atoms with Crippen LogP contribution in [0.3, 0.4) is 0 Å². The smallest absolute Gasteiger partial charge is 0.260 e. The zero-order valence-electron chi connectivity index (χ0n) is 13.4. The highest BCUT2D eigenvalue weighted by atomic mass is 16.5. The standard InChI is InChI=1S/C19H20N2O3/c22-18-10-15-11-21(8-7-17(15)20-18)19(23)12-24-16-6-5-13-3-1-2-4-14(13)9-16/h1-6,9,15,17H,7-8,10-12H2,(H,20,22)/t15-,17+/m1/s1. The zero-order valence-corrected chi connectivity index (χ0v) is 13.4. The van der Waals surface area contributed by atoms with Crippen molar-refractivity contribution < 1.29 is 14.3 Å². The van der Waals surface area contributed by atoms with Crippen LogP contribution in [-0.4, -0.2) is 42.5 Å². The van der Waals surface area contributed by atoms with Gasteiger partial charge in [-0.25, -0.2) is 0 Å². The van der Waals surface area contributed by atoms with Crippen molar-refractivity contribution in [1.29, 1.82) is 0 Å². The second-order valence-electron chi connectivity index (χ2n) is 6.56. The van der Waals surface area contributed by atoms with Crippen molar-refractivity contribution in [2.45, 2.75) is 18.9 Å². The van der Waals surface area contributed by atoms with Crippen LogP contribution in [0.15, 0.2) is 42.5 Å². The molecule has 0 aliphatic carbocycles. The lowest BCUT2D eigenvalue weighted by molar-refractivity contribution is -0.135. The highest BCUT2D eigenvalue weighted by Gasteiger charge is 2.38. The van der Waals surface area contributed by atoms with Gasteiger partial charge in [0.2, 0.25) is 5.91 Å². The number of rotatable bonds is 3. The van der Waals surface area contributed by atoms with Crippen molar-refractivity contribution in [3.63, 3.8) is 0 Å². The normalized spacial score (nSPS) is 23.0. The summed E-state index contributed by atoms with van der Waals surface area (Å²) in [6.45, 7) is 1.36. The molecule has 2 aromatic carbocycles. The van der Waals surface area contributed by atoms with Gasteiger partial charge in [-0.15, -0.1) is 0 Å². The van der Waals surface area contributed by atoms with Gasteiger partial charge in [0.15, 0.2) is 6.61 Å². The van der Waals surface area contributed by atoms with E-state index in [0.29, 0.717) is 25.3 Å². The van der Waals surface area contributed by atoms with Gasteiger partial charge in [0, 0.05) is 31.5 Å². The largest absolute Gasteiger partial charge is 0.484 e. The van der Waals surface area contributed by atoms with Crippen molar-refractivity contribution in [3.8, 4) is 5.75 Å². The summed E-state index contributed by atoms with van der Waals surface area (Å²) in [7, 11) is 0. The van der Waals surface area contributed by atoms with Crippen LogP contribution in [0.5, 0.6) is 5.75 Å². The third-order valence-corrected chi connectivity index (χ3v) is 4.96. The van der Waals surface area contributed by atoms with Crippen molar-refractivity contribution in [1.82, 2.24) is 10.2 Å². The average Bonchev–Trinajstić information content (AvgIpc) is 2.98. The maximum atomic E-state index is 12.4. The van der Waals surface area contributed by atoms with Gasteiger partial charge in [0.05, 0.1) is 0 Å². The van der Waals surface area contributed by atoms with Gasteiger partial charge in [-0.2, -0.15) is 0 Å². The maximum absolute atomic E-state index is 12.4. The Morgan fingerprint density at radius 2 is 2.04 bits per heavy atom. The van der Waals surface area contributed by atoms with E-state index in [1.54, 1.807) is 0 Å². The Morgan fingerprint density at radius 1 is 1.21 bits per heavy atom. The lowest BCUT2D eigenvalue weighted by Gasteiger charge is -2.34. The molecule has 5 nitrogen and oxygen atoms in total. The summed E-state index contributed by atoms with van der Waals surface area (Å²) >= 11 is 0. The molecule has 24 heavy (non-hydrogen) atoms. The van der Waals surface area contributed by atoms with Crippen molar-refractivity contribution in [2.24, 2.45) is 5.92 Å². The van der Waals surface area contributed by atoms with Crippen molar-refractivity contribution in [2.75, 3.05) is 19.7 Å². The van der Waals surface area contributed by atoms with E-state index in [0.717, 1.165) is 17.2 Å². The molecule has 2 aliphatic rings. The summed E-state index contributed by atoms with van der Waals surface area (Å²) in [5, 5.41) is 5.23. The number of nitrogens with one attached hydrogen (secondary N) is 1. The van der Waals surface area contributed by atoms with Gasteiger partial charge in [-0.3, -0.25) is 9.59 Å². The fourth-order valence-electron chi connectivity index (χ4n) is 3.65. The number of nitrogens with zero attached hydrogens (tertiary/aromatic N) is 1. The van der Waals surface area contributed by atoms with Crippen LogP contribution in [-0.2, 0) is 9.59 Å². The molecule has 4 rings (SSSR count). The summed E-state index contributed by atoms with van der Waals surface area (Å²) in [6.07, 6.45) is 1.36. The van der Waals surface area contributed by atoms with E-state index in [1.165, 1.54) is 0 Å². The molecule has 2 fully saturated rings. The number of carbonyl (C=O) groups excluding carboxylic acids is 2. The first-order valence-corrected chi connectivity index (χ1v) is 8.38. The van der Waals surface area contributed by atoms with Crippen molar-refractivity contribution >= 4 is 22.6 Å². The molecule has 0 unspecified atom stereocenters. The molecular formula is C19H20N2O3. The molecule has 0 aromatic heterocycles. The van der Waals surface area contributed by atoms with E-state index in [1.807, 2.05) is 47.4 Å². The third-order valence-electron chi connectivity index (χ3n) is 4.96. The molecule has 2 saturated heterocycles. The molecule has 2 aromatic rings. The van der Waals surface area contributed by atoms with Crippen LogP contribution in [0.25, 0.3) is 10.8 Å². The minimum atomic E-state index is -0.0130. The Labute approximate surface area is 140 Å². The number of piperidine rings is 1. The van der Waals surface area contributed by atoms with Gasteiger partial charge < -0.3 is 15.0 Å². The molecular weight excluding hydrogens is 304 g/mol. The minimum Gasteiger partial charge on any atom is -0.484 e. The molecule has 124 valence electrons. The first kappa shape index (κ1) is 15.0. The van der Waals surface area contributed by atoms with Crippen LogP contribution in [0.4, 0.5) is 0 Å². The Balaban J connectivity index is 1.36. The molecule has 2 amide bonds. The van der Waals surface area contributed by atoms with E-state index >= 15 is 0 Å². The molecule has 5 heteroatoms. The molecule has 2 atom stereocenters. The Hall–Kier alpha value is -2.56. The van der Waals surface area contributed by atoms with Crippen LogP contribution < -0.4 is 10.1 Å². The fourth-order valence-corrected chi connectivity index (χ4v) is 3.65. The van der Waals surface area contributed by atoms with Crippen LogP contribution in [0, 0.1) is 5.92 Å². The molecule has 2 aliphatic heterocycles. The van der Waals surface area contributed by atoms with E-state index in [4.69, 9.17) is 4.74 Å². The molecule has 0 bridgehead atoms.